The molecule has 1 aromatic rings. The van der Waals surface area contributed by atoms with Crippen molar-refractivity contribution in [1.29, 1.82) is 0 Å². The fourth-order valence-corrected chi connectivity index (χ4v) is 5.65. The second kappa shape index (κ2) is 8.30. The smallest absolute Gasteiger partial charge is 0.255 e. The van der Waals surface area contributed by atoms with Gasteiger partial charge in [0.15, 0.2) is 11.4 Å². The van der Waals surface area contributed by atoms with E-state index >= 15 is 0 Å². The number of aromatic hydroxyl groups is 1. The van der Waals surface area contributed by atoms with Gasteiger partial charge in [0, 0.05) is 31.3 Å². The summed E-state index contributed by atoms with van der Waals surface area (Å²) in [7, 11) is 6.75. The van der Waals surface area contributed by atoms with Crippen LogP contribution in [0.15, 0.2) is 29.0 Å². The number of carbonyl (C=O) groups excluding carboxylic acids is 3. The van der Waals surface area contributed by atoms with E-state index in [-0.39, 0.29) is 42.1 Å². The lowest BCUT2D eigenvalue weighted by molar-refractivity contribution is -0.153. The lowest BCUT2D eigenvalue weighted by Crippen LogP contribution is -2.65. The molecule has 1 amide bonds. The number of benzene rings is 1. The zero-order chi connectivity index (χ0) is 24.6. The van der Waals surface area contributed by atoms with E-state index in [4.69, 9.17) is 5.73 Å². The van der Waals surface area contributed by atoms with Crippen LogP contribution in [-0.4, -0.2) is 82.6 Å². The number of aliphatic hydroxyl groups is 3. The summed E-state index contributed by atoms with van der Waals surface area (Å²) in [5.41, 5.74) is 3.15. The highest BCUT2D eigenvalue weighted by Crippen LogP contribution is 2.53. The second-order valence-corrected chi connectivity index (χ2v) is 9.31. The number of fused-ring (bicyclic) bond motifs is 3. The number of rotatable bonds is 3. The van der Waals surface area contributed by atoms with E-state index in [1.807, 2.05) is 19.0 Å². The van der Waals surface area contributed by atoms with Crippen LogP contribution in [0.4, 0.5) is 5.69 Å². The molecule has 0 radical (unpaired) electrons. The second-order valence-electron chi connectivity index (χ2n) is 9.31. The monoisotopic (exact) mass is 493 g/mol. The topological polar surface area (TPSA) is 165 Å². The fourth-order valence-electron chi connectivity index (χ4n) is 5.65. The number of hydrogen-bond donors (Lipinski definition) is 5. The minimum absolute atomic E-state index is 0. The molecule has 0 bridgehead atoms. The molecule has 10 nitrogen and oxygen atoms in total. The van der Waals surface area contributed by atoms with Gasteiger partial charge in [0.1, 0.15) is 22.8 Å². The molecule has 0 aromatic heterocycles. The predicted octanol–water partition coefficient (Wildman–Crippen LogP) is 0.452. The van der Waals surface area contributed by atoms with Crippen molar-refractivity contribution in [2.24, 2.45) is 17.6 Å². The summed E-state index contributed by atoms with van der Waals surface area (Å²) in [5, 5.41) is 43.9. The molecule has 6 N–H and O–H groups in total. The Labute approximate surface area is 202 Å². The van der Waals surface area contributed by atoms with Gasteiger partial charge < -0.3 is 31.1 Å². The molecule has 1 fully saturated rings. The Morgan fingerprint density at radius 3 is 2.26 bits per heavy atom. The number of phenols is 1. The number of halogens is 1. The summed E-state index contributed by atoms with van der Waals surface area (Å²) < 4.78 is 0. The minimum atomic E-state index is -2.63. The zero-order valence-electron chi connectivity index (χ0n) is 19.2. The highest BCUT2D eigenvalue weighted by Gasteiger charge is 2.64. The van der Waals surface area contributed by atoms with Gasteiger partial charge in [-0.15, -0.1) is 12.4 Å². The van der Waals surface area contributed by atoms with Gasteiger partial charge in [-0.1, -0.05) is 0 Å². The Bertz CT molecular complexity index is 1170. The van der Waals surface area contributed by atoms with Gasteiger partial charge in [0.2, 0.25) is 5.78 Å². The maximum atomic E-state index is 13.7. The van der Waals surface area contributed by atoms with Gasteiger partial charge in [0.25, 0.3) is 5.91 Å². The van der Waals surface area contributed by atoms with Crippen molar-refractivity contribution in [2.45, 2.75) is 24.5 Å². The van der Waals surface area contributed by atoms with Gasteiger partial charge in [0.05, 0.1) is 11.6 Å². The molecular formula is C23H28ClN3O7. The van der Waals surface area contributed by atoms with Crippen LogP contribution in [0, 0.1) is 11.8 Å². The number of amides is 1. The van der Waals surface area contributed by atoms with E-state index in [1.54, 1.807) is 20.2 Å². The van der Waals surface area contributed by atoms with Crippen molar-refractivity contribution >= 4 is 41.3 Å². The SMILES string of the molecule is CN(C)c1ccc(O)c2c1C[C@@H]1C[C@@H]3[C@H](N(C)C)C(=O)C(C(N)=O)=C(O)[C@]3(O)C(=O)C1=C2O.Cl. The number of nitrogens with two attached hydrogens (primary N) is 1. The van der Waals surface area contributed by atoms with E-state index in [0.29, 0.717) is 5.56 Å². The first kappa shape index (κ1) is 25.5. The molecule has 4 atom stereocenters. The quantitative estimate of drug-likeness (QED) is 0.376. The summed E-state index contributed by atoms with van der Waals surface area (Å²) in [6.45, 7) is 0. The molecule has 0 heterocycles. The third kappa shape index (κ3) is 3.20. The standard InChI is InChI=1S/C23H27N3O7.ClH/c1-25(2)12-5-6-13(27)15-10(12)7-9-8-11-17(26(3)4)19(29)16(22(24)32)21(31)23(11,33)20(30)14(9)18(15)28;/h5-6,9,11,17,27-28,31,33H,7-8H2,1-4H3,(H2,24,32);1H/t9-,11-,17+,23-;/m1./s1. The maximum absolute atomic E-state index is 13.7. The lowest BCUT2D eigenvalue weighted by atomic mass is 9.57. The molecule has 3 aliphatic carbocycles. The summed E-state index contributed by atoms with van der Waals surface area (Å²) in [5.74, 6) is -6.54. The van der Waals surface area contributed by atoms with Crippen LogP contribution in [0.1, 0.15) is 17.5 Å². The summed E-state index contributed by atoms with van der Waals surface area (Å²) in [4.78, 5) is 42.0. The van der Waals surface area contributed by atoms with Gasteiger partial charge in [-0.25, -0.2) is 0 Å². The van der Waals surface area contributed by atoms with Crippen molar-refractivity contribution < 1.29 is 34.8 Å². The first-order valence-electron chi connectivity index (χ1n) is 10.5. The highest BCUT2D eigenvalue weighted by atomic mass is 35.5. The Morgan fingerprint density at radius 1 is 1.12 bits per heavy atom. The Hall–Kier alpha value is -3.08. The molecule has 11 heteroatoms. The minimum Gasteiger partial charge on any atom is -0.508 e. The summed E-state index contributed by atoms with van der Waals surface area (Å²) in [6, 6.07) is 2.01. The van der Waals surface area contributed by atoms with Gasteiger partial charge in [-0.05, 0) is 50.6 Å². The molecule has 0 saturated heterocycles. The number of ketones is 2. The summed E-state index contributed by atoms with van der Waals surface area (Å²) >= 11 is 0. The molecule has 1 aromatic carbocycles. The molecule has 0 aliphatic heterocycles. The average Bonchev–Trinajstić information content (AvgIpc) is 2.70. The fraction of sp³-hybridized carbons (Fsp3) is 0.435. The van der Waals surface area contributed by atoms with E-state index in [0.717, 1.165) is 5.69 Å². The van der Waals surface area contributed by atoms with Crippen molar-refractivity contribution in [1.82, 2.24) is 4.90 Å². The van der Waals surface area contributed by atoms with Crippen molar-refractivity contribution in [3.05, 3.63) is 40.2 Å². The number of hydrogen-bond acceptors (Lipinski definition) is 9. The maximum Gasteiger partial charge on any atom is 0.255 e. The van der Waals surface area contributed by atoms with Gasteiger partial charge in [-0.2, -0.15) is 0 Å². The predicted molar refractivity (Wildman–Crippen MR) is 126 cm³/mol. The Kier molecular flexibility index (Phi) is 6.23. The number of aliphatic hydroxyl groups excluding tert-OH is 2. The van der Waals surface area contributed by atoms with Crippen molar-refractivity contribution in [3.63, 3.8) is 0 Å². The number of phenolic OH excluding ortho intramolecular Hbond substituents is 1. The first-order chi connectivity index (χ1) is 15.3. The Morgan fingerprint density at radius 2 is 1.74 bits per heavy atom. The molecule has 0 spiro atoms. The van der Waals surface area contributed by atoms with Crippen LogP contribution in [0.25, 0.3) is 5.76 Å². The average molecular weight is 494 g/mol. The van der Waals surface area contributed by atoms with Gasteiger partial charge in [-0.3, -0.25) is 19.3 Å². The largest absolute Gasteiger partial charge is 0.508 e. The van der Waals surface area contributed by atoms with Gasteiger partial charge >= 0.3 is 0 Å². The molecular weight excluding hydrogens is 466 g/mol. The lowest BCUT2D eigenvalue weighted by Gasteiger charge is -2.50. The third-order valence-corrected chi connectivity index (χ3v) is 7.06. The molecule has 34 heavy (non-hydrogen) atoms. The number of primary amides is 1. The van der Waals surface area contributed by atoms with Crippen LogP contribution in [0.3, 0.4) is 0 Å². The number of likely N-dealkylation sites (N-methyl/N-ethyl adjacent to an activating group) is 1. The number of anilines is 1. The highest BCUT2D eigenvalue weighted by molar-refractivity contribution is 6.24. The van der Waals surface area contributed by atoms with Crippen molar-refractivity contribution in [2.75, 3.05) is 33.1 Å². The molecule has 0 unspecified atom stereocenters. The van der Waals surface area contributed by atoms with E-state index < -0.39 is 58.0 Å². The summed E-state index contributed by atoms with van der Waals surface area (Å²) in [6.07, 6.45) is 0.324. The van der Waals surface area contributed by atoms with Crippen LogP contribution in [0.5, 0.6) is 5.75 Å². The Balaban J connectivity index is 0.00000324. The van der Waals surface area contributed by atoms with Crippen LogP contribution >= 0.6 is 12.4 Å². The molecule has 184 valence electrons. The molecule has 1 saturated carbocycles. The van der Waals surface area contributed by atoms with E-state index in [1.165, 1.54) is 11.0 Å². The van der Waals surface area contributed by atoms with Crippen LogP contribution < -0.4 is 10.6 Å². The van der Waals surface area contributed by atoms with Crippen molar-refractivity contribution in [3.8, 4) is 5.75 Å². The number of nitrogens with zero attached hydrogens (tertiary/aromatic N) is 2. The number of carbonyl (C=O) groups is 3. The van der Waals surface area contributed by atoms with Crippen LogP contribution in [-0.2, 0) is 20.8 Å². The normalized spacial score (nSPS) is 28.2. The number of Topliss-reactive ketones (excluding diaryl/α,β-unsaturated/α-hetero) is 2. The first-order valence-corrected chi connectivity index (χ1v) is 10.5. The molecule has 4 rings (SSSR count). The zero-order valence-corrected chi connectivity index (χ0v) is 20.0. The van der Waals surface area contributed by atoms with E-state index in [2.05, 4.69) is 0 Å². The molecule has 3 aliphatic rings. The van der Waals surface area contributed by atoms with E-state index in [9.17, 15) is 34.8 Å². The van der Waals surface area contributed by atoms with Crippen LogP contribution in [0.2, 0.25) is 0 Å². The third-order valence-electron chi connectivity index (χ3n) is 7.06.